The van der Waals surface area contributed by atoms with E-state index in [0.717, 1.165) is 28.6 Å². The van der Waals surface area contributed by atoms with E-state index < -0.39 is 10.1 Å². The summed E-state index contributed by atoms with van der Waals surface area (Å²) in [5.74, 6) is -0.172. The Hall–Kier alpha value is -2.31. The molecule has 25 heavy (non-hydrogen) atoms. The van der Waals surface area contributed by atoms with E-state index in [2.05, 4.69) is 11.5 Å². The maximum atomic E-state index is 13.0. The van der Waals surface area contributed by atoms with Gasteiger partial charge in [0.05, 0.1) is 10.3 Å². The highest BCUT2D eigenvalue weighted by atomic mass is 32.2. The topological polar surface area (TPSA) is 61.1 Å². The van der Waals surface area contributed by atoms with Gasteiger partial charge >= 0.3 is 0 Å². The van der Waals surface area contributed by atoms with E-state index in [4.69, 9.17) is 0 Å². The summed E-state index contributed by atoms with van der Waals surface area (Å²) in [6.07, 6.45) is 2.04. The quantitative estimate of drug-likeness (QED) is 0.518. The molecule has 0 aliphatic rings. The molecule has 0 bridgehead atoms. The Balaban J connectivity index is 0.000000186. The Morgan fingerprint density at radius 1 is 1.04 bits per heavy atom. The van der Waals surface area contributed by atoms with Gasteiger partial charge in [-0.1, -0.05) is 17.7 Å². The molecule has 0 aliphatic heterocycles. The number of pyridine rings is 1. The molecule has 3 aromatic rings. The minimum absolute atomic E-state index is 0.172. The van der Waals surface area contributed by atoms with Gasteiger partial charge in [0.25, 0.3) is 0 Å². The number of hydrogen-bond acceptors (Lipinski definition) is 3. The summed E-state index contributed by atoms with van der Waals surface area (Å²) in [5.41, 5.74) is 3.13. The van der Waals surface area contributed by atoms with E-state index in [9.17, 15) is 17.4 Å². The summed E-state index contributed by atoms with van der Waals surface area (Å²) >= 11 is 0. The van der Waals surface area contributed by atoms with Crippen molar-refractivity contribution in [2.24, 2.45) is 0 Å². The highest BCUT2D eigenvalue weighted by Gasteiger charge is 2.09. The molecule has 0 aliphatic carbocycles. The highest BCUT2D eigenvalue weighted by Crippen LogP contribution is 2.15. The summed E-state index contributed by atoms with van der Waals surface area (Å²) in [6, 6.07) is 12.7. The molecule has 0 saturated carbocycles. The fourth-order valence-corrected chi connectivity index (χ4v) is 2.90. The summed E-state index contributed by atoms with van der Waals surface area (Å²) < 4.78 is 46.3. The molecular weight excluding hydrogens is 341 g/mol. The molecular formula is C19H20FNO3S. The fraction of sp³-hybridized carbons (Fsp3) is 0.211. The monoisotopic (exact) mass is 361 g/mol. The molecule has 0 unspecified atom stereocenters. The minimum Gasteiger partial charge on any atom is -0.744 e. The van der Waals surface area contributed by atoms with Gasteiger partial charge in [0, 0.05) is 12.1 Å². The lowest BCUT2D eigenvalue weighted by molar-refractivity contribution is -0.667. The van der Waals surface area contributed by atoms with Crippen molar-refractivity contribution in [3.8, 4) is 0 Å². The SMILES string of the molecule is CC[n+]1ccc(C)c2cc(F)ccc21.Cc1ccc(S(=O)(=O)[O-])cc1. The van der Waals surface area contributed by atoms with Gasteiger partial charge in [-0.15, -0.1) is 0 Å². The summed E-state index contributed by atoms with van der Waals surface area (Å²) in [7, 11) is -4.27. The smallest absolute Gasteiger partial charge is 0.212 e. The molecule has 132 valence electrons. The van der Waals surface area contributed by atoms with Gasteiger partial charge in [-0.2, -0.15) is 4.57 Å². The van der Waals surface area contributed by atoms with Crippen molar-refractivity contribution in [3.05, 3.63) is 71.7 Å². The second-order valence-corrected chi connectivity index (χ2v) is 7.09. The maximum absolute atomic E-state index is 13.0. The zero-order valence-electron chi connectivity index (χ0n) is 14.4. The first-order valence-corrected chi connectivity index (χ1v) is 9.24. The zero-order chi connectivity index (χ0) is 18.6. The van der Waals surface area contributed by atoms with Crippen LogP contribution in [0.15, 0.2) is 59.6 Å². The largest absolute Gasteiger partial charge is 0.744 e. The van der Waals surface area contributed by atoms with Gasteiger partial charge in [-0.25, -0.2) is 12.8 Å². The average Bonchev–Trinajstić information content (AvgIpc) is 2.56. The molecule has 1 aromatic heterocycles. The number of nitrogens with zero attached hydrogens (tertiary/aromatic N) is 1. The highest BCUT2D eigenvalue weighted by molar-refractivity contribution is 7.85. The van der Waals surface area contributed by atoms with Crippen LogP contribution in [-0.2, 0) is 16.7 Å². The van der Waals surface area contributed by atoms with Crippen LogP contribution in [0.1, 0.15) is 18.1 Å². The third-order valence-corrected chi connectivity index (χ3v) is 4.70. The van der Waals surface area contributed by atoms with E-state index in [1.807, 2.05) is 32.2 Å². The Morgan fingerprint density at radius 3 is 2.24 bits per heavy atom. The normalized spacial score (nSPS) is 11.1. The first kappa shape index (κ1) is 19.0. The van der Waals surface area contributed by atoms with Crippen LogP contribution in [-0.4, -0.2) is 13.0 Å². The number of fused-ring (bicyclic) bond motifs is 1. The number of rotatable bonds is 2. The fourth-order valence-electron chi connectivity index (χ4n) is 2.43. The van der Waals surface area contributed by atoms with Crippen LogP contribution in [0.25, 0.3) is 10.9 Å². The molecule has 0 fully saturated rings. The first-order valence-electron chi connectivity index (χ1n) is 7.83. The molecule has 3 rings (SSSR count). The van der Waals surface area contributed by atoms with Crippen molar-refractivity contribution in [2.75, 3.05) is 0 Å². The predicted molar refractivity (Wildman–Crippen MR) is 93.7 cm³/mol. The number of halogens is 1. The molecule has 4 nitrogen and oxygen atoms in total. The third-order valence-electron chi connectivity index (χ3n) is 3.85. The first-order chi connectivity index (χ1) is 11.7. The molecule has 0 atom stereocenters. The predicted octanol–water partition coefficient (Wildman–Crippen LogP) is 3.49. The van der Waals surface area contributed by atoms with Gasteiger partial charge in [0.15, 0.2) is 6.20 Å². The van der Waals surface area contributed by atoms with Crippen LogP contribution < -0.4 is 4.57 Å². The number of aryl methyl sites for hydroxylation is 3. The Labute approximate surface area is 147 Å². The Kier molecular flexibility index (Phi) is 5.87. The van der Waals surface area contributed by atoms with Crippen molar-refractivity contribution in [1.29, 1.82) is 0 Å². The van der Waals surface area contributed by atoms with Gasteiger partial charge in [0.2, 0.25) is 5.52 Å². The van der Waals surface area contributed by atoms with E-state index in [0.29, 0.717) is 0 Å². The number of benzene rings is 2. The molecule has 2 aromatic carbocycles. The molecule has 0 saturated heterocycles. The molecule has 0 N–H and O–H groups in total. The standard InChI is InChI=1S/C12H13FN.C7H8O3S/c1-3-14-7-6-9(2)11-8-10(13)4-5-12(11)14;1-6-2-4-7(5-3-6)11(8,9)10/h4-8H,3H2,1-2H3;2-5H,1H3,(H,8,9,10)/q+1;/p-1. The lowest BCUT2D eigenvalue weighted by Gasteiger charge is -2.05. The van der Waals surface area contributed by atoms with E-state index >= 15 is 0 Å². The van der Waals surface area contributed by atoms with Crippen LogP contribution in [0.4, 0.5) is 4.39 Å². The van der Waals surface area contributed by atoms with Crippen LogP contribution in [0.5, 0.6) is 0 Å². The molecule has 0 radical (unpaired) electrons. The third kappa shape index (κ3) is 4.84. The average molecular weight is 361 g/mol. The number of aromatic nitrogens is 1. The van der Waals surface area contributed by atoms with Crippen LogP contribution in [0.2, 0.25) is 0 Å². The lowest BCUT2D eigenvalue weighted by atomic mass is 10.1. The van der Waals surface area contributed by atoms with Crippen molar-refractivity contribution in [2.45, 2.75) is 32.2 Å². The van der Waals surface area contributed by atoms with E-state index in [1.54, 1.807) is 18.2 Å². The second kappa shape index (κ2) is 7.72. The van der Waals surface area contributed by atoms with Crippen LogP contribution in [0.3, 0.4) is 0 Å². The van der Waals surface area contributed by atoms with Gasteiger partial charge in [0.1, 0.15) is 22.5 Å². The van der Waals surface area contributed by atoms with Crippen molar-refractivity contribution < 1.29 is 21.9 Å². The van der Waals surface area contributed by atoms with Crippen molar-refractivity contribution in [1.82, 2.24) is 0 Å². The molecule has 6 heteroatoms. The lowest BCUT2D eigenvalue weighted by Crippen LogP contribution is -2.32. The summed E-state index contributed by atoms with van der Waals surface area (Å²) in [6.45, 7) is 6.81. The summed E-state index contributed by atoms with van der Waals surface area (Å²) in [5, 5.41) is 0.995. The molecule has 1 heterocycles. The summed E-state index contributed by atoms with van der Waals surface area (Å²) in [4.78, 5) is -0.178. The van der Waals surface area contributed by atoms with Crippen molar-refractivity contribution in [3.63, 3.8) is 0 Å². The number of hydrogen-bond donors (Lipinski definition) is 0. The Bertz CT molecular complexity index is 983. The van der Waals surface area contributed by atoms with E-state index in [1.165, 1.54) is 18.2 Å². The maximum Gasteiger partial charge on any atom is 0.212 e. The second-order valence-electron chi connectivity index (χ2n) is 5.71. The zero-order valence-corrected chi connectivity index (χ0v) is 15.2. The molecule has 0 spiro atoms. The van der Waals surface area contributed by atoms with Gasteiger partial charge in [-0.3, -0.25) is 0 Å². The molecule has 0 amide bonds. The van der Waals surface area contributed by atoms with Crippen molar-refractivity contribution >= 4 is 21.0 Å². The van der Waals surface area contributed by atoms with Crippen LogP contribution >= 0.6 is 0 Å². The van der Waals surface area contributed by atoms with E-state index in [-0.39, 0.29) is 10.7 Å². The van der Waals surface area contributed by atoms with Gasteiger partial charge in [-0.05, 0) is 50.6 Å². The Morgan fingerprint density at radius 2 is 1.68 bits per heavy atom. The van der Waals surface area contributed by atoms with Gasteiger partial charge < -0.3 is 4.55 Å². The van der Waals surface area contributed by atoms with Crippen LogP contribution in [0, 0.1) is 19.7 Å². The minimum atomic E-state index is -4.27.